The highest BCUT2D eigenvalue weighted by Crippen LogP contribution is 2.55. The lowest BCUT2D eigenvalue weighted by atomic mass is 10.1. The van der Waals surface area contributed by atoms with E-state index in [2.05, 4.69) is 95.0 Å². The molecule has 37 heavy (non-hydrogen) atoms. The van der Waals surface area contributed by atoms with Crippen LogP contribution in [0.5, 0.6) is 0 Å². The van der Waals surface area contributed by atoms with Gasteiger partial charge in [0.1, 0.15) is 0 Å². The second-order valence-corrected chi connectivity index (χ2v) is 18.5. The predicted molar refractivity (Wildman–Crippen MR) is 190 cm³/mol. The van der Waals surface area contributed by atoms with Crippen molar-refractivity contribution in [1.82, 2.24) is 0 Å². The third kappa shape index (κ3) is 31.6. The Morgan fingerprint density at radius 2 is 1.32 bits per heavy atom. The van der Waals surface area contributed by atoms with Crippen molar-refractivity contribution < 1.29 is 4.79 Å². The summed E-state index contributed by atoms with van der Waals surface area (Å²) in [5, 5.41) is 1.39. The average molecular weight is 627 g/mol. The van der Waals surface area contributed by atoms with E-state index in [4.69, 9.17) is 0 Å². The molecule has 0 aromatic carbocycles. The fourth-order valence-corrected chi connectivity index (χ4v) is 10.7. The third-order valence-electron chi connectivity index (χ3n) is 4.75. The maximum atomic E-state index is 11.2. The van der Waals surface area contributed by atoms with E-state index in [-0.39, 0.29) is 0 Å². The molecule has 0 amide bonds. The van der Waals surface area contributed by atoms with Crippen LogP contribution in [0.3, 0.4) is 0 Å². The molecule has 2 saturated heterocycles. The molecule has 2 aliphatic heterocycles. The number of carbonyl (C=O) groups excluding carboxylic acids is 1. The van der Waals surface area contributed by atoms with Crippen molar-refractivity contribution in [2.24, 2.45) is 11.8 Å². The molecule has 0 aromatic heterocycles. The molecule has 220 valence electrons. The SMILES string of the molecule is C=C(C)CSCC(=C)C.CC(C)C1SSC(C(C)C)S1.CC1CS1.CCCCCCCC(=O)SCCC. The van der Waals surface area contributed by atoms with Crippen molar-refractivity contribution in [2.75, 3.05) is 23.0 Å². The molecule has 3 atom stereocenters. The highest BCUT2D eigenvalue weighted by molar-refractivity contribution is 8.82. The normalized spacial score (nSPS) is 19.7. The lowest BCUT2D eigenvalue weighted by Gasteiger charge is -2.13. The van der Waals surface area contributed by atoms with Crippen LogP contribution in [0.2, 0.25) is 0 Å². The number of hydrogen-bond donors (Lipinski definition) is 0. The van der Waals surface area contributed by atoms with Crippen LogP contribution in [-0.4, -0.2) is 42.5 Å². The van der Waals surface area contributed by atoms with Gasteiger partial charge in [-0.25, -0.2) is 0 Å². The lowest BCUT2D eigenvalue weighted by Crippen LogP contribution is -2.07. The van der Waals surface area contributed by atoms with Gasteiger partial charge in [-0.05, 0) is 38.5 Å². The zero-order chi connectivity index (χ0) is 28.6. The minimum absolute atomic E-state index is 0.387. The topological polar surface area (TPSA) is 17.1 Å². The molecule has 0 saturated carbocycles. The summed E-state index contributed by atoms with van der Waals surface area (Å²) in [5.41, 5.74) is 2.47. The van der Waals surface area contributed by atoms with Gasteiger partial charge in [-0.3, -0.25) is 4.79 Å². The van der Waals surface area contributed by atoms with E-state index in [1.54, 1.807) is 0 Å². The largest absolute Gasteiger partial charge is 0.287 e. The van der Waals surface area contributed by atoms with Gasteiger partial charge in [0.15, 0.2) is 5.12 Å². The second kappa shape index (κ2) is 27.4. The van der Waals surface area contributed by atoms with Crippen molar-refractivity contribution in [3.05, 3.63) is 24.3 Å². The van der Waals surface area contributed by atoms with Crippen LogP contribution < -0.4 is 0 Å². The first kappa shape index (κ1) is 40.4. The Hall–Kier alpha value is 1.25. The van der Waals surface area contributed by atoms with E-state index >= 15 is 0 Å². The van der Waals surface area contributed by atoms with Crippen molar-refractivity contribution in [3.8, 4) is 0 Å². The van der Waals surface area contributed by atoms with Crippen molar-refractivity contribution in [2.45, 2.75) is 122 Å². The van der Waals surface area contributed by atoms with Crippen molar-refractivity contribution in [1.29, 1.82) is 0 Å². The zero-order valence-corrected chi connectivity index (χ0v) is 30.3. The number of hydrogen-bond acceptors (Lipinski definition) is 7. The van der Waals surface area contributed by atoms with Gasteiger partial charge in [-0.2, -0.15) is 23.5 Å². The standard InChI is InChI=1S/C11H22OS.C8H16S3.C8H14S.C3H6S/c1-3-5-6-7-8-9-11(12)13-10-4-2;1-5(2)7-9-8(6(3)4)11-10-7;1-7(2)5-9-6-8(3)4;1-3-2-4-3/h3-10H2,1-2H3;5-8H,1-4H3;1,3,5-6H2,2,4H3;3H,2H2,1H3. The molecule has 0 aliphatic carbocycles. The molecule has 2 heterocycles. The molecule has 0 bridgehead atoms. The summed E-state index contributed by atoms with van der Waals surface area (Å²) in [4.78, 5) is 11.2. The molecule has 0 radical (unpaired) electrons. The molecule has 0 N–H and O–H groups in total. The van der Waals surface area contributed by atoms with Gasteiger partial charge in [0, 0.05) is 34.7 Å². The van der Waals surface area contributed by atoms with Gasteiger partial charge < -0.3 is 0 Å². The van der Waals surface area contributed by atoms with Gasteiger partial charge in [0.05, 0.1) is 9.16 Å². The van der Waals surface area contributed by atoms with E-state index < -0.39 is 0 Å². The summed E-state index contributed by atoms with van der Waals surface area (Å²) in [6.45, 7) is 27.5. The molecule has 0 aromatic rings. The molecule has 7 heteroatoms. The van der Waals surface area contributed by atoms with E-state index in [1.165, 1.54) is 54.3 Å². The maximum Gasteiger partial charge on any atom is 0.188 e. The van der Waals surface area contributed by atoms with Gasteiger partial charge in [0.2, 0.25) is 0 Å². The predicted octanol–water partition coefficient (Wildman–Crippen LogP) is 12.1. The first-order valence-electron chi connectivity index (χ1n) is 14.1. The van der Waals surface area contributed by atoms with Crippen molar-refractivity contribution >= 4 is 73.8 Å². The van der Waals surface area contributed by atoms with Crippen LogP contribution in [0, 0.1) is 11.8 Å². The van der Waals surface area contributed by atoms with Crippen LogP contribution in [0.1, 0.15) is 107 Å². The van der Waals surface area contributed by atoms with Crippen LogP contribution in [0.15, 0.2) is 24.3 Å². The summed E-state index contributed by atoms with van der Waals surface area (Å²) in [6, 6.07) is 0. The van der Waals surface area contributed by atoms with E-state index in [1.807, 2.05) is 37.4 Å². The highest BCUT2D eigenvalue weighted by Gasteiger charge is 2.30. The summed E-state index contributed by atoms with van der Waals surface area (Å²) in [7, 11) is 4.13. The molecular formula is C30H58OS6. The Balaban J connectivity index is 0. The molecule has 3 unspecified atom stereocenters. The summed E-state index contributed by atoms with van der Waals surface area (Å²) in [5.74, 6) is 6.16. The number of unbranched alkanes of at least 4 members (excludes halogenated alkanes) is 4. The van der Waals surface area contributed by atoms with Gasteiger partial charge in [-0.15, -0.1) is 11.8 Å². The fourth-order valence-electron chi connectivity index (χ4n) is 2.48. The highest BCUT2D eigenvalue weighted by atomic mass is 33.1. The van der Waals surface area contributed by atoms with E-state index in [0.717, 1.165) is 62.8 Å². The fraction of sp³-hybridized carbons (Fsp3) is 0.833. The number of thioether (sulfide) groups is 4. The molecule has 2 aliphatic rings. The molecule has 0 spiro atoms. The summed E-state index contributed by atoms with van der Waals surface area (Å²) in [6.07, 6.45) is 8.10. The van der Waals surface area contributed by atoms with Crippen LogP contribution >= 0.6 is 68.6 Å². The van der Waals surface area contributed by atoms with Gasteiger partial charge in [0.25, 0.3) is 0 Å². The van der Waals surface area contributed by atoms with Gasteiger partial charge in [-0.1, -0.05) is 132 Å². The summed E-state index contributed by atoms with van der Waals surface area (Å²) >= 11 is 7.55. The Morgan fingerprint density at radius 3 is 1.65 bits per heavy atom. The molecule has 2 rings (SSSR count). The van der Waals surface area contributed by atoms with Gasteiger partial charge >= 0.3 is 0 Å². The summed E-state index contributed by atoms with van der Waals surface area (Å²) < 4.78 is 1.65. The third-order valence-corrected chi connectivity index (χ3v) is 15.0. The monoisotopic (exact) mass is 626 g/mol. The average Bonchev–Trinajstić information content (AvgIpc) is 3.43. The van der Waals surface area contributed by atoms with E-state index in [9.17, 15) is 4.79 Å². The second-order valence-electron chi connectivity index (χ2n) is 10.5. The number of rotatable bonds is 14. The Labute approximate surface area is 257 Å². The Morgan fingerprint density at radius 1 is 0.865 bits per heavy atom. The number of carbonyl (C=O) groups is 1. The Bertz CT molecular complexity index is 546. The maximum absolute atomic E-state index is 11.2. The lowest BCUT2D eigenvalue weighted by molar-refractivity contribution is -0.111. The van der Waals surface area contributed by atoms with Crippen molar-refractivity contribution in [3.63, 3.8) is 0 Å². The molecular weight excluding hydrogens is 569 g/mol. The first-order chi connectivity index (χ1) is 17.4. The minimum Gasteiger partial charge on any atom is -0.287 e. The van der Waals surface area contributed by atoms with E-state index in [0.29, 0.717) is 5.12 Å². The van der Waals surface area contributed by atoms with Crippen LogP contribution in [-0.2, 0) is 4.79 Å². The quantitative estimate of drug-likeness (QED) is 0.0815. The Kier molecular flexibility index (Phi) is 29.9. The first-order valence-corrected chi connectivity index (χ1v) is 20.5. The molecule has 1 nitrogen and oxygen atoms in total. The zero-order valence-electron chi connectivity index (χ0n) is 25.4. The minimum atomic E-state index is 0.387. The van der Waals surface area contributed by atoms with Crippen LogP contribution in [0.4, 0.5) is 0 Å². The smallest absolute Gasteiger partial charge is 0.188 e. The van der Waals surface area contributed by atoms with Crippen LogP contribution in [0.25, 0.3) is 0 Å². The molecule has 2 fully saturated rings.